The minimum absolute atomic E-state index is 0. The Morgan fingerprint density at radius 2 is 2.00 bits per heavy atom. The molecular formula is C6H16AlLiO2. The molecule has 0 amide bonds. The van der Waals surface area contributed by atoms with Crippen molar-refractivity contribution in [1.29, 1.82) is 0 Å². The molecule has 0 rings (SSSR count). The summed E-state index contributed by atoms with van der Waals surface area (Å²) in [7, 11) is 0. The summed E-state index contributed by atoms with van der Waals surface area (Å²) < 4.78 is 4.64. The van der Waals surface area contributed by atoms with Gasteiger partial charge in [0.25, 0.3) is 0 Å². The van der Waals surface area contributed by atoms with Crippen LogP contribution in [0, 0.1) is 0 Å². The number of ether oxygens (including phenoxy) is 1. The van der Waals surface area contributed by atoms with Gasteiger partial charge >= 0.3 is 24.8 Å². The first-order valence-corrected chi connectivity index (χ1v) is 2.96. The van der Waals surface area contributed by atoms with Gasteiger partial charge in [0.15, 0.2) is 17.4 Å². The Hall–Kier alpha value is 0.600. The second kappa shape index (κ2) is 12.3. The zero-order chi connectivity index (χ0) is 6.41. The van der Waals surface area contributed by atoms with Crippen molar-refractivity contribution in [2.24, 2.45) is 0 Å². The standard InChI is InChI=1S/C6H12O2.Al.Li.4H/c1-3-5-6(7)8-4-2;;;;;;/h3-5H2,1-2H3;;;;;;/q;;+1;;;;-1. The molecule has 0 aliphatic rings. The van der Waals surface area contributed by atoms with Crippen molar-refractivity contribution >= 4 is 23.3 Å². The van der Waals surface area contributed by atoms with Crippen molar-refractivity contribution in [1.82, 2.24) is 0 Å². The van der Waals surface area contributed by atoms with Gasteiger partial charge in [0.1, 0.15) is 0 Å². The summed E-state index contributed by atoms with van der Waals surface area (Å²) >= 11 is 0. The van der Waals surface area contributed by atoms with Crippen molar-refractivity contribution < 1.29 is 29.8 Å². The van der Waals surface area contributed by atoms with Crippen LogP contribution in [0.1, 0.15) is 28.1 Å². The van der Waals surface area contributed by atoms with Gasteiger partial charge < -0.3 is 6.16 Å². The van der Waals surface area contributed by atoms with Gasteiger partial charge in [-0.3, -0.25) is 4.79 Å². The maximum Gasteiger partial charge on any atom is 1.00 e. The van der Waals surface area contributed by atoms with Crippen LogP contribution >= 0.6 is 0 Å². The van der Waals surface area contributed by atoms with E-state index in [2.05, 4.69) is 4.74 Å². The number of carbonyl (C=O) groups is 1. The van der Waals surface area contributed by atoms with Crippen LogP contribution in [0.15, 0.2) is 0 Å². The predicted molar refractivity (Wildman–Crippen MR) is 42.6 cm³/mol. The smallest absolute Gasteiger partial charge is 1.00 e. The molecule has 0 aromatic rings. The molecule has 0 N–H and O–H groups in total. The van der Waals surface area contributed by atoms with Crippen molar-refractivity contribution in [2.75, 3.05) is 6.61 Å². The molecule has 0 aliphatic carbocycles. The monoisotopic (exact) mass is 154 g/mol. The van der Waals surface area contributed by atoms with Crippen LogP contribution in [0.2, 0.25) is 0 Å². The summed E-state index contributed by atoms with van der Waals surface area (Å²) in [5, 5.41) is 0. The fraction of sp³-hybridized carbons (Fsp3) is 0.833. The average Bonchev–Trinajstić information content (AvgIpc) is 1.68. The molecule has 0 bridgehead atoms. The maximum atomic E-state index is 10.4. The second-order valence-electron chi connectivity index (χ2n) is 1.56. The molecule has 0 saturated carbocycles. The number of carbonyl (C=O) groups excluding carboxylic acids is 1. The van der Waals surface area contributed by atoms with Crippen LogP contribution in [0.25, 0.3) is 0 Å². The summed E-state index contributed by atoms with van der Waals surface area (Å²) in [6, 6.07) is 0. The Kier molecular flexibility index (Phi) is 20.8. The molecule has 0 unspecified atom stereocenters. The fourth-order valence-corrected chi connectivity index (χ4v) is 0.437. The van der Waals surface area contributed by atoms with E-state index >= 15 is 0 Å². The summed E-state index contributed by atoms with van der Waals surface area (Å²) in [6.45, 7) is 4.27. The maximum absolute atomic E-state index is 10.4. The normalized spacial score (nSPS) is 7.00. The zero-order valence-electron chi connectivity index (χ0n) is 7.44. The molecule has 0 aromatic carbocycles. The molecule has 0 heterocycles. The Bertz CT molecular complexity index is 75.0. The molecule has 0 spiro atoms. The van der Waals surface area contributed by atoms with Crippen molar-refractivity contribution in [3.05, 3.63) is 0 Å². The summed E-state index contributed by atoms with van der Waals surface area (Å²) in [5.74, 6) is -0.0880. The Morgan fingerprint density at radius 3 is 2.30 bits per heavy atom. The number of rotatable bonds is 3. The van der Waals surface area contributed by atoms with E-state index in [4.69, 9.17) is 0 Å². The molecule has 0 atom stereocenters. The van der Waals surface area contributed by atoms with Gasteiger partial charge in [-0.25, -0.2) is 0 Å². The first kappa shape index (κ1) is 16.9. The van der Waals surface area contributed by atoms with Gasteiger partial charge in [0.2, 0.25) is 0 Å². The van der Waals surface area contributed by atoms with E-state index in [1.807, 2.05) is 13.8 Å². The molecule has 56 valence electrons. The van der Waals surface area contributed by atoms with E-state index in [1.165, 1.54) is 0 Å². The number of hydrogen-bond acceptors (Lipinski definition) is 2. The molecule has 2 nitrogen and oxygen atoms in total. The zero-order valence-corrected chi connectivity index (χ0v) is 6.44. The number of esters is 1. The van der Waals surface area contributed by atoms with E-state index in [9.17, 15) is 4.79 Å². The van der Waals surface area contributed by atoms with E-state index < -0.39 is 0 Å². The van der Waals surface area contributed by atoms with Crippen molar-refractivity contribution in [3.63, 3.8) is 0 Å². The fourth-order valence-electron chi connectivity index (χ4n) is 0.437. The molecule has 10 heavy (non-hydrogen) atoms. The van der Waals surface area contributed by atoms with Crippen LogP contribution in [-0.2, 0) is 9.53 Å². The second-order valence-corrected chi connectivity index (χ2v) is 1.56. The molecular weight excluding hydrogens is 138 g/mol. The van der Waals surface area contributed by atoms with E-state index in [-0.39, 0.29) is 43.6 Å². The van der Waals surface area contributed by atoms with Gasteiger partial charge in [0, 0.05) is 6.42 Å². The van der Waals surface area contributed by atoms with Crippen molar-refractivity contribution in [2.45, 2.75) is 26.7 Å². The Morgan fingerprint density at radius 1 is 1.50 bits per heavy atom. The van der Waals surface area contributed by atoms with Crippen molar-refractivity contribution in [3.8, 4) is 0 Å². The molecule has 0 fully saturated rings. The third-order valence-electron chi connectivity index (χ3n) is 0.759. The third-order valence-corrected chi connectivity index (χ3v) is 0.759. The minimum atomic E-state index is -0.0880. The minimum Gasteiger partial charge on any atom is -1.00 e. The molecule has 0 aliphatic heterocycles. The van der Waals surface area contributed by atoms with E-state index in [1.54, 1.807) is 0 Å². The SMILES string of the molecule is CCCC(=O)OCC.[AlH3].[H-].[Li+]. The summed E-state index contributed by atoms with van der Waals surface area (Å²) in [4.78, 5) is 10.4. The van der Waals surface area contributed by atoms with Crippen LogP contribution < -0.4 is 18.9 Å². The molecule has 0 saturated heterocycles. The Labute approximate surface area is 86.5 Å². The number of hydrogen-bond donors (Lipinski definition) is 0. The average molecular weight is 154 g/mol. The van der Waals surface area contributed by atoms with Crippen LogP contribution in [-0.4, -0.2) is 29.9 Å². The quantitative estimate of drug-likeness (QED) is 0.326. The van der Waals surface area contributed by atoms with Crippen LogP contribution in [0.4, 0.5) is 0 Å². The molecule has 4 heteroatoms. The Balaban J connectivity index is -0.0000000817. The van der Waals surface area contributed by atoms with E-state index in [0.717, 1.165) is 6.42 Å². The van der Waals surface area contributed by atoms with E-state index in [0.29, 0.717) is 13.0 Å². The van der Waals surface area contributed by atoms with Gasteiger partial charge in [-0.1, -0.05) is 6.92 Å². The summed E-state index contributed by atoms with van der Waals surface area (Å²) in [5.41, 5.74) is 0. The van der Waals surface area contributed by atoms with Gasteiger partial charge in [-0.05, 0) is 13.3 Å². The first-order chi connectivity index (χ1) is 3.81. The van der Waals surface area contributed by atoms with Gasteiger partial charge in [-0.2, -0.15) is 0 Å². The topological polar surface area (TPSA) is 26.3 Å². The first-order valence-electron chi connectivity index (χ1n) is 2.96. The van der Waals surface area contributed by atoms with Crippen LogP contribution in [0.3, 0.4) is 0 Å². The van der Waals surface area contributed by atoms with Gasteiger partial charge in [-0.15, -0.1) is 0 Å². The third kappa shape index (κ3) is 11.4. The molecule has 0 aromatic heterocycles. The van der Waals surface area contributed by atoms with Gasteiger partial charge in [0.05, 0.1) is 6.61 Å². The largest absolute Gasteiger partial charge is 1.00 e. The molecule has 0 radical (unpaired) electrons. The predicted octanol–water partition coefficient (Wildman–Crippen LogP) is -2.72. The summed E-state index contributed by atoms with van der Waals surface area (Å²) in [6.07, 6.45) is 1.42. The van der Waals surface area contributed by atoms with Crippen LogP contribution in [0.5, 0.6) is 0 Å².